The van der Waals surface area contributed by atoms with Crippen molar-refractivity contribution >= 4 is 40.5 Å². The molecule has 2 aromatic carbocycles. The van der Waals surface area contributed by atoms with E-state index in [1.54, 1.807) is 35.9 Å². The molecular weight excluding hydrogens is 570 g/mol. The lowest BCUT2D eigenvalue weighted by Crippen LogP contribution is -2.33. The van der Waals surface area contributed by atoms with E-state index in [0.29, 0.717) is 50.8 Å². The second-order valence-electron chi connectivity index (χ2n) is 9.10. The molecule has 0 saturated heterocycles. The monoisotopic (exact) mass is 593 g/mol. The van der Waals surface area contributed by atoms with Crippen molar-refractivity contribution in [3.05, 3.63) is 72.2 Å². The molecule has 0 unspecified atom stereocenters. The minimum Gasteiger partial charge on any atom is -0.496 e. The number of carbonyl (C=O) groups excluding carboxylic acids is 3. The third kappa shape index (κ3) is 6.33. The Hall–Kier alpha value is -5.64. The van der Waals surface area contributed by atoms with Crippen molar-refractivity contribution in [2.45, 2.75) is 6.18 Å². The van der Waals surface area contributed by atoms with Crippen LogP contribution < -0.4 is 21.1 Å². The number of hydrogen-bond acceptors (Lipinski definition) is 6. The fourth-order valence-electron chi connectivity index (χ4n) is 4.55. The number of methoxy groups -OCH3 is 1. The lowest BCUT2D eigenvalue weighted by atomic mass is 9.96. The van der Waals surface area contributed by atoms with Gasteiger partial charge in [-0.15, -0.1) is 0 Å². The summed E-state index contributed by atoms with van der Waals surface area (Å²) >= 11 is 0. The number of benzene rings is 2. The molecule has 0 aliphatic carbocycles. The molecule has 0 atom stereocenters. The number of rotatable bonds is 7. The number of aldehydes is 1. The van der Waals surface area contributed by atoms with E-state index in [1.165, 1.54) is 31.5 Å². The average molecular weight is 594 g/mol. The molecule has 4 rings (SSSR count). The minimum atomic E-state index is -4.60. The predicted molar refractivity (Wildman–Crippen MR) is 153 cm³/mol. The van der Waals surface area contributed by atoms with Crippen molar-refractivity contribution < 1.29 is 36.7 Å². The number of carbonyl (C=O) groups is 3. The topological polar surface area (TPSA) is 128 Å². The number of aromatic nitrogens is 2. The zero-order chi connectivity index (χ0) is 31.5. The number of aryl methyl sites for hydroxylation is 1. The van der Waals surface area contributed by atoms with E-state index in [1.807, 2.05) is 5.32 Å². The zero-order valence-electron chi connectivity index (χ0n) is 22.7. The molecule has 13 heteroatoms. The SMILES string of the molecule is C=C(F)C(=O)Nc1ccc(-c2c(-c3ccc(C(=O)NCC(F)(F)F)c(OC)c3)c3c(N)ncc(C#CC=O)c3n2C)cc1. The van der Waals surface area contributed by atoms with E-state index in [9.17, 15) is 31.9 Å². The van der Waals surface area contributed by atoms with Gasteiger partial charge in [-0.05, 0) is 41.3 Å². The van der Waals surface area contributed by atoms with Crippen LogP contribution in [0.5, 0.6) is 5.75 Å². The van der Waals surface area contributed by atoms with Gasteiger partial charge >= 0.3 is 6.18 Å². The maximum atomic E-state index is 13.2. The summed E-state index contributed by atoms with van der Waals surface area (Å²) in [5, 5.41) is 4.64. The van der Waals surface area contributed by atoms with E-state index in [2.05, 4.69) is 28.7 Å². The van der Waals surface area contributed by atoms with Crippen molar-refractivity contribution in [1.29, 1.82) is 0 Å². The molecule has 0 fully saturated rings. The summed E-state index contributed by atoms with van der Waals surface area (Å²) in [4.78, 5) is 39.5. The van der Waals surface area contributed by atoms with Crippen LogP contribution in [0.1, 0.15) is 15.9 Å². The van der Waals surface area contributed by atoms with Crippen LogP contribution in [-0.4, -0.2) is 47.5 Å². The highest BCUT2D eigenvalue weighted by Crippen LogP contribution is 2.44. The summed E-state index contributed by atoms with van der Waals surface area (Å²) in [7, 11) is 3.00. The van der Waals surface area contributed by atoms with Crippen LogP contribution in [0.3, 0.4) is 0 Å². The van der Waals surface area contributed by atoms with Crippen molar-refractivity contribution in [2.75, 3.05) is 24.7 Å². The Labute approximate surface area is 242 Å². The number of amides is 2. The van der Waals surface area contributed by atoms with Gasteiger partial charge < -0.3 is 25.7 Å². The Morgan fingerprint density at radius 1 is 1.16 bits per heavy atom. The largest absolute Gasteiger partial charge is 0.496 e. The van der Waals surface area contributed by atoms with E-state index >= 15 is 0 Å². The van der Waals surface area contributed by atoms with Crippen LogP contribution in [-0.2, 0) is 16.6 Å². The molecule has 0 saturated carbocycles. The third-order valence-electron chi connectivity index (χ3n) is 6.35. The van der Waals surface area contributed by atoms with Crippen molar-refractivity contribution in [2.24, 2.45) is 7.05 Å². The van der Waals surface area contributed by atoms with Gasteiger partial charge in [0, 0.05) is 24.5 Å². The Kier molecular flexibility index (Phi) is 8.51. The fraction of sp³-hybridized carbons (Fsp3) is 0.133. The Bertz CT molecular complexity index is 1830. The summed E-state index contributed by atoms with van der Waals surface area (Å²) in [6, 6.07) is 10.7. The first-order valence-electron chi connectivity index (χ1n) is 12.4. The average Bonchev–Trinajstić information content (AvgIpc) is 3.29. The molecule has 0 bridgehead atoms. The van der Waals surface area contributed by atoms with Gasteiger partial charge in [0.25, 0.3) is 11.8 Å². The van der Waals surface area contributed by atoms with Crippen molar-refractivity contribution in [1.82, 2.24) is 14.9 Å². The van der Waals surface area contributed by atoms with Gasteiger partial charge in [-0.3, -0.25) is 14.4 Å². The number of pyridine rings is 1. The number of alkyl halides is 3. The molecule has 0 aliphatic rings. The van der Waals surface area contributed by atoms with Crippen LogP contribution in [0.4, 0.5) is 29.1 Å². The highest BCUT2D eigenvalue weighted by molar-refractivity contribution is 6.11. The Morgan fingerprint density at radius 3 is 2.44 bits per heavy atom. The Morgan fingerprint density at radius 2 is 1.84 bits per heavy atom. The molecule has 0 radical (unpaired) electrons. The summed E-state index contributed by atoms with van der Waals surface area (Å²) in [6.45, 7) is 1.45. The molecular formula is C30H23F4N5O4. The number of ether oxygens (including phenoxy) is 1. The molecule has 2 amide bonds. The lowest BCUT2D eigenvalue weighted by molar-refractivity contribution is -0.123. The number of nitrogens with two attached hydrogens (primary N) is 1. The molecule has 0 spiro atoms. The van der Waals surface area contributed by atoms with Gasteiger partial charge in [0.15, 0.2) is 12.1 Å². The highest BCUT2D eigenvalue weighted by Gasteiger charge is 2.29. The standard InChI is InChI=1S/C30H23F4N5O4/c1-16(31)28(41)38-20-9-6-17(7-10-20)25-23(24-26(39(25)2)19(5-4-12-40)14-36-27(24)35)18-8-11-21(22(13-18)43-3)29(42)37-15-30(32,33)34/h6-14H,1,15H2,2-3H3,(H2,35,36)(H,37,42)(H,38,41). The summed E-state index contributed by atoms with van der Waals surface area (Å²) in [5.74, 6) is 2.07. The van der Waals surface area contributed by atoms with Crippen LogP contribution in [0, 0.1) is 11.8 Å². The van der Waals surface area contributed by atoms with Gasteiger partial charge in [-0.2, -0.15) is 13.2 Å². The van der Waals surface area contributed by atoms with Crippen LogP contribution in [0.25, 0.3) is 33.3 Å². The van der Waals surface area contributed by atoms with Crippen molar-refractivity contribution in [3.63, 3.8) is 0 Å². The lowest BCUT2D eigenvalue weighted by Gasteiger charge is -2.14. The Balaban J connectivity index is 1.95. The van der Waals surface area contributed by atoms with Crippen LogP contribution in [0.2, 0.25) is 0 Å². The van der Waals surface area contributed by atoms with E-state index in [-0.39, 0.29) is 17.1 Å². The van der Waals surface area contributed by atoms with E-state index in [4.69, 9.17) is 10.5 Å². The molecule has 9 nitrogen and oxygen atoms in total. The molecule has 0 aliphatic heterocycles. The zero-order valence-corrected chi connectivity index (χ0v) is 22.7. The first-order valence-corrected chi connectivity index (χ1v) is 12.4. The van der Waals surface area contributed by atoms with Gasteiger partial charge in [0.2, 0.25) is 0 Å². The number of nitrogens with one attached hydrogen (secondary N) is 2. The summed E-state index contributed by atoms with van der Waals surface area (Å²) in [6.07, 6.45) is -2.76. The van der Waals surface area contributed by atoms with Gasteiger partial charge in [0.1, 0.15) is 18.1 Å². The maximum Gasteiger partial charge on any atom is 0.405 e. The highest BCUT2D eigenvalue weighted by atomic mass is 19.4. The van der Waals surface area contributed by atoms with Crippen molar-refractivity contribution in [3.8, 4) is 40.0 Å². The first-order chi connectivity index (χ1) is 20.4. The summed E-state index contributed by atoms with van der Waals surface area (Å²) in [5.41, 5.74) is 9.55. The molecule has 220 valence electrons. The van der Waals surface area contributed by atoms with Gasteiger partial charge in [0.05, 0.1) is 34.8 Å². The van der Waals surface area contributed by atoms with Gasteiger partial charge in [-0.25, -0.2) is 9.37 Å². The van der Waals surface area contributed by atoms with Crippen LogP contribution in [0.15, 0.2) is 61.1 Å². The molecule has 4 aromatic rings. The van der Waals surface area contributed by atoms with Gasteiger partial charge in [-0.1, -0.05) is 30.7 Å². The smallest absolute Gasteiger partial charge is 0.405 e. The number of fused-ring (bicyclic) bond motifs is 1. The number of hydrogen-bond donors (Lipinski definition) is 3. The number of halogens is 4. The second-order valence-corrected chi connectivity index (χ2v) is 9.10. The minimum absolute atomic E-state index is 0.00642. The van der Waals surface area contributed by atoms with Crippen LogP contribution >= 0.6 is 0 Å². The molecule has 2 heterocycles. The normalized spacial score (nSPS) is 10.9. The van der Waals surface area contributed by atoms with E-state index < -0.39 is 30.4 Å². The predicted octanol–water partition coefficient (Wildman–Crippen LogP) is 4.76. The molecule has 4 N–H and O–H groups in total. The fourth-order valence-corrected chi connectivity index (χ4v) is 4.55. The van der Waals surface area contributed by atoms with E-state index in [0.717, 1.165) is 0 Å². The second kappa shape index (κ2) is 12.1. The maximum absolute atomic E-state index is 13.2. The molecule has 2 aromatic heterocycles. The number of anilines is 2. The quantitative estimate of drug-likeness (QED) is 0.123. The third-order valence-corrected chi connectivity index (χ3v) is 6.35. The number of nitrogens with zero attached hydrogens (tertiary/aromatic N) is 2. The molecule has 43 heavy (non-hydrogen) atoms. The number of nitrogen functional groups attached to an aromatic ring is 1. The first kappa shape index (κ1) is 30.3. The summed E-state index contributed by atoms with van der Waals surface area (Å²) < 4.78 is 58.4.